The number of urea groups is 1. The number of amides is 2. The van der Waals surface area contributed by atoms with Crippen LogP contribution < -0.4 is 5.32 Å². The molecule has 1 aliphatic rings. The Bertz CT molecular complexity index is 686. The third-order valence-electron chi connectivity index (χ3n) is 4.61. The summed E-state index contributed by atoms with van der Waals surface area (Å²) in [6.45, 7) is 3.45. The first kappa shape index (κ1) is 16.5. The molecule has 0 radical (unpaired) electrons. The summed E-state index contributed by atoms with van der Waals surface area (Å²) in [4.78, 5) is 18.6. The number of nitrogens with one attached hydrogen (secondary N) is 1. The third-order valence-corrected chi connectivity index (χ3v) is 4.61. The van der Waals surface area contributed by atoms with Crippen molar-refractivity contribution >= 4 is 11.7 Å². The first-order valence-electron chi connectivity index (χ1n) is 8.43. The molecule has 1 atom stereocenters. The standard InChI is InChI=1S/C18H23FN4O/c1-14-5-6-15(19)12-17(14)21-18(24)23-9-3-2-4-16(23)7-10-22-11-8-20-13-22/h5-6,8,11-13,16H,2-4,7,9-10H2,1H3,(H,21,24)/t16-/m1/s1. The SMILES string of the molecule is Cc1ccc(F)cc1NC(=O)N1CCCC[C@@H]1CCn1ccnc1. The Morgan fingerprint density at radius 3 is 3.08 bits per heavy atom. The van der Waals surface area contributed by atoms with Gasteiger partial charge in [0.15, 0.2) is 0 Å². The summed E-state index contributed by atoms with van der Waals surface area (Å²) in [5, 5.41) is 2.87. The summed E-state index contributed by atoms with van der Waals surface area (Å²) in [7, 11) is 0. The molecule has 0 bridgehead atoms. The number of piperidine rings is 1. The van der Waals surface area contributed by atoms with Gasteiger partial charge >= 0.3 is 6.03 Å². The zero-order chi connectivity index (χ0) is 16.9. The van der Waals surface area contributed by atoms with Gasteiger partial charge < -0.3 is 14.8 Å². The van der Waals surface area contributed by atoms with Crippen LogP contribution in [0.25, 0.3) is 0 Å². The van der Waals surface area contributed by atoms with Crippen LogP contribution in [0.2, 0.25) is 0 Å². The summed E-state index contributed by atoms with van der Waals surface area (Å²) in [5.41, 5.74) is 1.40. The van der Waals surface area contributed by atoms with Gasteiger partial charge in [0, 0.05) is 37.2 Å². The van der Waals surface area contributed by atoms with Crippen molar-refractivity contribution in [3.8, 4) is 0 Å². The monoisotopic (exact) mass is 330 g/mol. The number of imidazole rings is 1. The highest BCUT2D eigenvalue weighted by Crippen LogP contribution is 2.23. The number of aromatic nitrogens is 2. The quantitative estimate of drug-likeness (QED) is 0.927. The van der Waals surface area contributed by atoms with Crippen LogP contribution in [0.1, 0.15) is 31.2 Å². The lowest BCUT2D eigenvalue weighted by atomic mass is 9.99. The van der Waals surface area contributed by atoms with Gasteiger partial charge in [0.05, 0.1) is 6.33 Å². The van der Waals surface area contributed by atoms with E-state index in [-0.39, 0.29) is 17.9 Å². The van der Waals surface area contributed by atoms with E-state index in [2.05, 4.69) is 10.3 Å². The number of rotatable bonds is 4. The highest BCUT2D eigenvalue weighted by atomic mass is 19.1. The van der Waals surface area contributed by atoms with Gasteiger partial charge in [-0.25, -0.2) is 14.2 Å². The first-order valence-corrected chi connectivity index (χ1v) is 8.43. The van der Waals surface area contributed by atoms with Crippen molar-refractivity contribution in [2.24, 2.45) is 0 Å². The molecule has 24 heavy (non-hydrogen) atoms. The number of carbonyl (C=O) groups is 1. The second-order valence-corrected chi connectivity index (χ2v) is 6.32. The molecule has 5 nitrogen and oxygen atoms in total. The molecular weight excluding hydrogens is 307 g/mol. The molecule has 3 rings (SSSR count). The van der Waals surface area contributed by atoms with Crippen molar-refractivity contribution < 1.29 is 9.18 Å². The van der Waals surface area contributed by atoms with Crippen LogP contribution in [-0.4, -0.2) is 33.1 Å². The number of likely N-dealkylation sites (tertiary alicyclic amines) is 1. The molecule has 0 unspecified atom stereocenters. The third kappa shape index (κ3) is 3.93. The van der Waals surface area contributed by atoms with Gasteiger partial charge in [-0.3, -0.25) is 0 Å². The van der Waals surface area contributed by atoms with Gasteiger partial charge in [-0.2, -0.15) is 0 Å². The summed E-state index contributed by atoms with van der Waals surface area (Å²) >= 11 is 0. The Morgan fingerprint density at radius 1 is 1.42 bits per heavy atom. The maximum Gasteiger partial charge on any atom is 0.322 e. The number of hydrogen-bond acceptors (Lipinski definition) is 2. The van der Waals surface area contributed by atoms with E-state index in [0.29, 0.717) is 5.69 Å². The molecular formula is C18H23FN4O. The van der Waals surface area contributed by atoms with Gasteiger partial charge in [0.25, 0.3) is 0 Å². The summed E-state index contributed by atoms with van der Waals surface area (Å²) < 4.78 is 15.4. The van der Waals surface area contributed by atoms with Crippen molar-refractivity contribution in [1.29, 1.82) is 0 Å². The topological polar surface area (TPSA) is 50.2 Å². The molecule has 1 fully saturated rings. The van der Waals surface area contributed by atoms with E-state index in [1.807, 2.05) is 22.6 Å². The van der Waals surface area contributed by atoms with Crippen LogP contribution in [0.15, 0.2) is 36.9 Å². The predicted molar refractivity (Wildman–Crippen MR) is 91.3 cm³/mol. The Morgan fingerprint density at radius 2 is 2.29 bits per heavy atom. The van der Waals surface area contributed by atoms with Gasteiger partial charge in [-0.1, -0.05) is 6.07 Å². The summed E-state index contributed by atoms with van der Waals surface area (Å²) in [6, 6.07) is 4.52. The Hall–Kier alpha value is -2.37. The number of aryl methyl sites for hydroxylation is 2. The predicted octanol–water partition coefficient (Wildman–Crippen LogP) is 3.81. The first-order chi connectivity index (χ1) is 11.6. The lowest BCUT2D eigenvalue weighted by Crippen LogP contribution is -2.46. The molecule has 1 saturated heterocycles. The van der Waals surface area contributed by atoms with Gasteiger partial charge in [0.2, 0.25) is 0 Å². The van der Waals surface area contributed by atoms with Crippen molar-refractivity contribution in [1.82, 2.24) is 14.5 Å². The minimum atomic E-state index is -0.341. The fraction of sp³-hybridized carbons (Fsp3) is 0.444. The summed E-state index contributed by atoms with van der Waals surface area (Å²) in [6.07, 6.45) is 9.54. The molecule has 1 aromatic heterocycles. The number of hydrogen-bond donors (Lipinski definition) is 1. The van der Waals surface area contributed by atoms with E-state index < -0.39 is 0 Å². The minimum Gasteiger partial charge on any atom is -0.337 e. The lowest BCUT2D eigenvalue weighted by Gasteiger charge is -2.36. The zero-order valence-corrected chi connectivity index (χ0v) is 13.9. The molecule has 2 heterocycles. The van der Waals surface area contributed by atoms with E-state index in [0.717, 1.165) is 44.3 Å². The molecule has 0 saturated carbocycles. The van der Waals surface area contributed by atoms with E-state index in [4.69, 9.17) is 0 Å². The van der Waals surface area contributed by atoms with Crippen LogP contribution in [0.4, 0.5) is 14.9 Å². The molecule has 1 aromatic carbocycles. The number of carbonyl (C=O) groups excluding carboxylic acids is 1. The number of benzene rings is 1. The molecule has 128 valence electrons. The highest BCUT2D eigenvalue weighted by Gasteiger charge is 2.26. The van der Waals surface area contributed by atoms with Crippen LogP contribution in [-0.2, 0) is 6.54 Å². The second-order valence-electron chi connectivity index (χ2n) is 6.32. The maximum atomic E-state index is 13.4. The average molecular weight is 330 g/mol. The largest absolute Gasteiger partial charge is 0.337 e. The average Bonchev–Trinajstić information content (AvgIpc) is 3.10. The number of halogens is 1. The van der Waals surface area contributed by atoms with Gasteiger partial charge in [-0.05, 0) is 50.3 Å². The van der Waals surface area contributed by atoms with Gasteiger partial charge in [-0.15, -0.1) is 0 Å². The molecule has 1 N–H and O–H groups in total. The Kier molecular flexibility index (Phi) is 5.13. The van der Waals surface area contributed by atoms with Crippen molar-refractivity contribution in [2.75, 3.05) is 11.9 Å². The van der Waals surface area contributed by atoms with E-state index in [9.17, 15) is 9.18 Å². The number of nitrogens with zero attached hydrogens (tertiary/aromatic N) is 3. The maximum absolute atomic E-state index is 13.4. The highest BCUT2D eigenvalue weighted by molar-refractivity contribution is 5.90. The van der Waals surface area contributed by atoms with Crippen molar-refractivity contribution in [2.45, 2.75) is 45.2 Å². The van der Waals surface area contributed by atoms with E-state index >= 15 is 0 Å². The van der Waals surface area contributed by atoms with Crippen LogP contribution >= 0.6 is 0 Å². The van der Waals surface area contributed by atoms with Crippen LogP contribution in [0.3, 0.4) is 0 Å². The van der Waals surface area contributed by atoms with E-state index in [1.165, 1.54) is 12.1 Å². The molecule has 0 aliphatic carbocycles. The molecule has 2 amide bonds. The van der Waals surface area contributed by atoms with Crippen LogP contribution in [0.5, 0.6) is 0 Å². The second kappa shape index (κ2) is 7.47. The zero-order valence-electron chi connectivity index (χ0n) is 13.9. The van der Waals surface area contributed by atoms with E-state index in [1.54, 1.807) is 18.6 Å². The molecule has 1 aliphatic heterocycles. The van der Waals surface area contributed by atoms with Crippen molar-refractivity contribution in [3.05, 3.63) is 48.3 Å². The smallest absolute Gasteiger partial charge is 0.322 e. The Balaban J connectivity index is 1.65. The molecule has 2 aromatic rings. The fourth-order valence-corrected chi connectivity index (χ4v) is 3.20. The van der Waals surface area contributed by atoms with Crippen molar-refractivity contribution in [3.63, 3.8) is 0 Å². The fourth-order valence-electron chi connectivity index (χ4n) is 3.20. The Labute approximate surface area is 141 Å². The van der Waals surface area contributed by atoms with Gasteiger partial charge in [0.1, 0.15) is 5.82 Å². The van der Waals surface area contributed by atoms with Crippen LogP contribution in [0, 0.1) is 12.7 Å². The molecule has 6 heteroatoms. The number of anilines is 1. The minimum absolute atomic E-state index is 0.140. The normalized spacial score (nSPS) is 17.8. The lowest BCUT2D eigenvalue weighted by molar-refractivity contribution is 0.155. The molecule has 0 spiro atoms. The summed E-state index contributed by atoms with van der Waals surface area (Å²) in [5.74, 6) is -0.341.